The molecule has 0 bridgehead atoms. The van der Waals surface area contributed by atoms with E-state index in [2.05, 4.69) is 6.92 Å². The highest BCUT2D eigenvalue weighted by Crippen LogP contribution is 2.17. The summed E-state index contributed by atoms with van der Waals surface area (Å²) in [5, 5.41) is 0. The molecule has 0 amide bonds. The first-order chi connectivity index (χ1) is 17.2. The molecule has 0 unspecified atom stereocenters. The molecule has 0 aliphatic heterocycles. The average molecular weight is 507 g/mol. The van der Waals surface area contributed by atoms with E-state index in [1.54, 1.807) is 6.92 Å². The van der Waals surface area contributed by atoms with Crippen molar-refractivity contribution in [3.05, 3.63) is 35.4 Å². The van der Waals surface area contributed by atoms with E-state index in [0.29, 0.717) is 24.5 Å². The molecule has 0 spiro atoms. The Balaban J connectivity index is 1.97. The van der Waals surface area contributed by atoms with Crippen molar-refractivity contribution in [2.45, 2.75) is 123 Å². The highest BCUT2D eigenvalue weighted by molar-refractivity contribution is 6.17. The van der Waals surface area contributed by atoms with Crippen LogP contribution in [0.3, 0.4) is 0 Å². The van der Waals surface area contributed by atoms with Gasteiger partial charge in [0.25, 0.3) is 0 Å². The van der Waals surface area contributed by atoms with Gasteiger partial charge in [0.05, 0.1) is 13.2 Å². The lowest BCUT2D eigenvalue weighted by Crippen LogP contribution is -2.07. The summed E-state index contributed by atoms with van der Waals surface area (Å²) >= 11 is 5.60. The van der Waals surface area contributed by atoms with Gasteiger partial charge in [0.2, 0.25) is 0 Å². The van der Waals surface area contributed by atoms with Gasteiger partial charge >= 0.3 is 5.97 Å². The summed E-state index contributed by atoms with van der Waals surface area (Å²) in [5.74, 6) is 1.08. The van der Waals surface area contributed by atoms with Crippen molar-refractivity contribution in [1.82, 2.24) is 0 Å². The van der Waals surface area contributed by atoms with Gasteiger partial charge in [-0.05, 0) is 43.5 Å². The number of rotatable bonds is 23. The second kappa shape index (κ2) is 23.0. The molecule has 0 fully saturated rings. The lowest BCUT2D eigenvalue weighted by Gasteiger charge is -2.07. The Hall–Kier alpha value is -1.48. The number of alkyl halides is 1. The predicted molar refractivity (Wildman–Crippen MR) is 151 cm³/mol. The molecule has 1 rings (SSSR count). The molecule has 35 heavy (non-hydrogen) atoms. The molecule has 1 aromatic carbocycles. The minimum absolute atomic E-state index is 0.293. The van der Waals surface area contributed by atoms with Crippen LogP contribution in [0.4, 0.5) is 0 Å². The molecule has 0 radical (unpaired) electrons. The quantitative estimate of drug-likeness (QED) is 0.0640. The second-order valence-corrected chi connectivity index (χ2v) is 10.1. The number of unbranched alkanes of at least 4 members (excludes halogenated alkanes) is 15. The van der Waals surface area contributed by atoms with E-state index < -0.39 is 0 Å². The van der Waals surface area contributed by atoms with Crippen LogP contribution in [0.25, 0.3) is 6.08 Å². The Morgan fingerprint density at radius 2 is 1.20 bits per heavy atom. The Bertz CT molecular complexity index is 654. The zero-order valence-electron chi connectivity index (χ0n) is 22.6. The largest absolute Gasteiger partial charge is 0.494 e. The predicted octanol–water partition coefficient (Wildman–Crippen LogP) is 9.90. The van der Waals surface area contributed by atoms with Crippen LogP contribution in [-0.2, 0) is 9.53 Å². The van der Waals surface area contributed by atoms with E-state index in [-0.39, 0.29) is 5.97 Å². The van der Waals surface area contributed by atoms with Crippen LogP contribution in [0.5, 0.6) is 5.75 Å². The lowest BCUT2D eigenvalue weighted by atomic mass is 10.0. The zero-order valence-corrected chi connectivity index (χ0v) is 23.4. The van der Waals surface area contributed by atoms with Crippen LogP contribution in [0.1, 0.15) is 129 Å². The number of hydrogen-bond acceptors (Lipinski definition) is 3. The monoisotopic (exact) mass is 506 g/mol. The van der Waals surface area contributed by atoms with E-state index in [0.717, 1.165) is 24.3 Å². The summed E-state index contributed by atoms with van der Waals surface area (Å²) in [6.45, 7) is 5.18. The zero-order chi connectivity index (χ0) is 25.4. The summed E-state index contributed by atoms with van der Waals surface area (Å²) in [4.78, 5) is 11.9. The first-order valence-electron chi connectivity index (χ1n) is 14.3. The van der Waals surface area contributed by atoms with Crippen LogP contribution in [-0.4, -0.2) is 25.1 Å². The molecule has 200 valence electrons. The molecule has 1 aromatic rings. The maximum absolute atomic E-state index is 11.9. The Labute approximate surface area is 221 Å². The normalized spacial score (nSPS) is 11.6. The van der Waals surface area contributed by atoms with Gasteiger partial charge in [0, 0.05) is 11.5 Å². The molecule has 0 saturated heterocycles. The summed E-state index contributed by atoms with van der Waals surface area (Å²) in [6.07, 6.45) is 24.5. The maximum Gasteiger partial charge on any atom is 0.333 e. The van der Waals surface area contributed by atoms with Crippen LogP contribution >= 0.6 is 11.6 Å². The Morgan fingerprint density at radius 1 is 0.714 bits per heavy atom. The summed E-state index contributed by atoms with van der Waals surface area (Å²) in [5.41, 5.74) is 1.55. The molecule has 0 heterocycles. The number of carbonyl (C=O) groups excluding carboxylic acids is 1. The average Bonchev–Trinajstić information content (AvgIpc) is 2.87. The van der Waals surface area contributed by atoms with Gasteiger partial charge in [0.1, 0.15) is 5.75 Å². The van der Waals surface area contributed by atoms with Gasteiger partial charge < -0.3 is 9.47 Å². The van der Waals surface area contributed by atoms with E-state index >= 15 is 0 Å². The third-order valence-electron chi connectivity index (χ3n) is 6.36. The topological polar surface area (TPSA) is 35.5 Å². The number of ether oxygens (including phenoxy) is 2. The number of carbonyl (C=O) groups is 1. The van der Waals surface area contributed by atoms with Gasteiger partial charge in [-0.1, -0.05) is 115 Å². The lowest BCUT2D eigenvalue weighted by molar-refractivity contribution is -0.138. The van der Waals surface area contributed by atoms with Gasteiger partial charge in [-0.25, -0.2) is 4.79 Å². The number of halogens is 1. The van der Waals surface area contributed by atoms with Crippen LogP contribution in [0.15, 0.2) is 29.8 Å². The van der Waals surface area contributed by atoms with E-state index in [1.807, 2.05) is 30.3 Å². The van der Waals surface area contributed by atoms with Crippen molar-refractivity contribution < 1.29 is 14.3 Å². The fraction of sp³-hybridized carbons (Fsp3) is 0.710. The van der Waals surface area contributed by atoms with Crippen molar-refractivity contribution in [2.75, 3.05) is 19.1 Å². The fourth-order valence-electron chi connectivity index (χ4n) is 4.14. The molecule has 0 N–H and O–H groups in total. The highest BCUT2D eigenvalue weighted by Gasteiger charge is 2.05. The minimum Gasteiger partial charge on any atom is -0.494 e. The Kier molecular flexibility index (Phi) is 20.7. The first kappa shape index (κ1) is 31.5. The molecule has 0 aliphatic rings. The standard InChI is InChI=1S/C31H51ClO3/c1-3-4-5-6-7-8-9-10-11-12-13-14-15-16-17-18-25-34-30-22-20-29(21-23-30)27-28(2)31(33)35-26-19-24-32/h20-23,27H,3-19,24-26H2,1-2H3/b28-27+. The Morgan fingerprint density at radius 3 is 1.69 bits per heavy atom. The van der Waals surface area contributed by atoms with Crippen molar-refractivity contribution in [1.29, 1.82) is 0 Å². The van der Waals surface area contributed by atoms with E-state index in [4.69, 9.17) is 21.1 Å². The molecule has 3 nitrogen and oxygen atoms in total. The highest BCUT2D eigenvalue weighted by atomic mass is 35.5. The third kappa shape index (κ3) is 18.4. The van der Waals surface area contributed by atoms with Gasteiger partial charge in [-0.15, -0.1) is 11.6 Å². The van der Waals surface area contributed by atoms with E-state index in [9.17, 15) is 4.79 Å². The van der Waals surface area contributed by atoms with E-state index in [1.165, 1.54) is 96.3 Å². The molecule has 4 heteroatoms. The van der Waals surface area contributed by atoms with Gasteiger partial charge in [-0.2, -0.15) is 0 Å². The molecule has 0 aliphatic carbocycles. The van der Waals surface area contributed by atoms with Crippen LogP contribution in [0, 0.1) is 0 Å². The maximum atomic E-state index is 11.9. The summed E-state index contributed by atoms with van der Waals surface area (Å²) < 4.78 is 11.0. The van der Waals surface area contributed by atoms with Crippen molar-refractivity contribution in [3.8, 4) is 5.75 Å². The van der Waals surface area contributed by atoms with Crippen molar-refractivity contribution >= 4 is 23.6 Å². The van der Waals surface area contributed by atoms with Crippen LogP contribution in [0.2, 0.25) is 0 Å². The van der Waals surface area contributed by atoms with Crippen molar-refractivity contribution in [3.63, 3.8) is 0 Å². The van der Waals surface area contributed by atoms with Crippen LogP contribution < -0.4 is 4.74 Å². The number of esters is 1. The number of benzene rings is 1. The molecular formula is C31H51ClO3. The SMILES string of the molecule is CCCCCCCCCCCCCCCCCCOc1ccc(/C=C(\C)C(=O)OCCCCl)cc1. The van der Waals surface area contributed by atoms with Gasteiger partial charge in [0.15, 0.2) is 0 Å². The van der Waals surface area contributed by atoms with Gasteiger partial charge in [-0.3, -0.25) is 0 Å². The number of hydrogen-bond donors (Lipinski definition) is 0. The third-order valence-corrected chi connectivity index (χ3v) is 6.63. The first-order valence-corrected chi connectivity index (χ1v) is 14.8. The molecule has 0 saturated carbocycles. The minimum atomic E-state index is -0.293. The second-order valence-electron chi connectivity index (χ2n) is 9.73. The fourth-order valence-corrected chi connectivity index (χ4v) is 4.25. The molecule has 0 aromatic heterocycles. The van der Waals surface area contributed by atoms with Crippen molar-refractivity contribution in [2.24, 2.45) is 0 Å². The molecular weight excluding hydrogens is 456 g/mol. The molecule has 0 atom stereocenters. The summed E-state index contributed by atoms with van der Waals surface area (Å²) in [6, 6.07) is 7.87. The smallest absolute Gasteiger partial charge is 0.333 e. The summed E-state index contributed by atoms with van der Waals surface area (Å²) in [7, 11) is 0.